The minimum atomic E-state index is -1.56. The Morgan fingerprint density at radius 1 is 0.742 bits per heavy atom. The van der Waals surface area contributed by atoms with E-state index in [1.54, 1.807) is 0 Å². The van der Waals surface area contributed by atoms with E-state index in [9.17, 15) is 0 Å². The van der Waals surface area contributed by atoms with Gasteiger partial charge in [-0.1, -0.05) is 54.6 Å². The number of hydrogen-bond donors (Lipinski definition) is 1. The first-order chi connectivity index (χ1) is 14.9. The van der Waals surface area contributed by atoms with Crippen LogP contribution in [0.3, 0.4) is 0 Å². The quantitative estimate of drug-likeness (QED) is 0.636. The van der Waals surface area contributed by atoms with E-state index >= 15 is 0 Å². The van der Waals surface area contributed by atoms with E-state index in [0.29, 0.717) is 0 Å². The van der Waals surface area contributed by atoms with Gasteiger partial charge in [-0.15, -0.1) is 0 Å². The molecule has 3 aromatic rings. The molecule has 0 aromatic heterocycles. The minimum absolute atomic E-state index is 0.787. The Morgan fingerprint density at radius 3 is 1.19 bits per heavy atom. The molecular formula is C26H29O4P. The average Bonchev–Trinajstić information content (AvgIpc) is 2.72. The maximum Gasteiger partial charge on any atom is 0.300 e. The number of hydrogen-bond acceptors (Lipinski definition) is 3. The van der Waals surface area contributed by atoms with Gasteiger partial charge in [0.25, 0.3) is 5.97 Å². The van der Waals surface area contributed by atoms with E-state index in [1.807, 2.05) is 0 Å². The zero-order chi connectivity index (χ0) is 22.7. The summed E-state index contributed by atoms with van der Waals surface area (Å²) in [6.45, 7) is 2.06. The summed E-state index contributed by atoms with van der Waals surface area (Å²) < 4.78 is 0. The Hall–Kier alpha value is -2.97. The molecule has 0 bridgehead atoms. The van der Waals surface area contributed by atoms with Gasteiger partial charge in [-0.2, -0.15) is 0 Å². The largest absolute Gasteiger partial charge is 0.550 e. The van der Waals surface area contributed by atoms with E-state index in [0.717, 1.165) is 19.5 Å². The third kappa shape index (κ3) is 6.50. The minimum Gasteiger partial charge on any atom is -0.550 e. The molecule has 1 N–H and O–H groups in total. The van der Waals surface area contributed by atoms with Crippen molar-refractivity contribution >= 4 is 35.1 Å². The van der Waals surface area contributed by atoms with Crippen LogP contribution in [0, 0.1) is 0 Å². The molecular weight excluding hydrogens is 407 g/mol. The highest BCUT2D eigenvalue weighted by Gasteiger charge is 2.54. The van der Waals surface area contributed by atoms with Gasteiger partial charge < -0.3 is 15.0 Å². The first-order valence-electron chi connectivity index (χ1n) is 10.3. The lowest BCUT2D eigenvalue weighted by Crippen LogP contribution is -2.41. The molecule has 31 heavy (non-hydrogen) atoms. The van der Waals surface area contributed by atoms with Crippen LogP contribution in [0.1, 0.15) is 33.1 Å². The van der Waals surface area contributed by atoms with Crippen LogP contribution in [0.5, 0.6) is 0 Å². The average molecular weight is 436 g/mol. The lowest BCUT2D eigenvalue weighted by molar-refractivity contribution is -0.302. The molecule has 0 saturated heterocycles. The fourth-order valence-electron chi connectivity index (χ4n) is 3.84. The van der Waals surface area contributed by atoms with Gasteiger partial charge in [0.2, 0.25) is 0 Å². The molecule has 0 amide bonds. The number of carboxylic acid groups (broad SMARTS) is 2. The van der Waals surface area contributed by atoms with Crippen molar-refractivity contribution in [3.05, 3.63) is 91.0 Å². The van der Waals surface area contributed by atoms with Gasteiger partial charge in [0.15, 0.2) is 0 Å². The number of carbonyl (C=O) groups is 2. The predicted molar refractivity (Wildman–Crippen MR) is 127 cm³/mol. The Kier molecular flexibility index (Phi) is 9.42. The van der Waals surface area contributed by atoms with Crippen molar-refractivity contribution in [3.8, 4) is 0 Å². The summed E-state index contributed by atoms with van der Waals surface area (Å²) in [6, 6.07) is 33.7. The lowest BCUT2D eigenvalue weighted by atomic mass is 10.00. The van der Waals surface area contributed by atoms with E-state index < -0.39 is 19.2 Å². The molecule has 0 spiro atoms. The summed E-state index contributed by atoms with van der Waals surface area (Å²) in [5.74, 6) is -1.92. The van der Waals surface area contributed by atoms with Crippen LogP contribution in [-0.2, 0) is 9.59 Å². The summed E-state index contributed by atoms with van der Waals surface area (Å²) in [5, 5.41) is 20.9. The van der Waals surface area contributed by atoms with Gasteiger partial charge in [0, 0.05) is 12.9 Å². The third-order valence-electron chi connectivity index (χ3n) is 5.11. The van der Waals surface area contributed by atoms with E-state index in [-0.39, 0.29) is 0 Å². The van der Waals surface area contributed by atoms with E-state index in [4.69, 9.17) is 19.8 Å². The normalized spacial score (nSPS) is 12.8. The molecule has 1 aliphatic rings. The fourth-order valence-corrected chi connectivity index (χ4v) is 9.07. The highest BCUT2D eigenvalue weighted by Crippen LogP contribution is 2.65. The molecule has 1 aliphatic carbocycles. The summed E-state index contributed by atoms with van der Waals surface area (Å²) in [4.78, 5) is 17.9. The van der Waals surface area contributed by atoms with Crippen LogP contribution >= 0.6 is 7.26 Å². The molecule has 0 aliphatic heterocycles. The van der Waals surface area contributed by atoms with Crippen LogP contribution in [0.15, 0.2) is 91.0 Å². The monoisotopic (exact) mass is 436 g/mol. The van der Waals surface area contributed by atoms with Gasteiger partial charge in [0.1, 0.15) is 23.2 Å². The molecule has 0 heterocycles. The summed E-state index contributed by atoms with van der Waals surface area (Å²) in [6.07, 6.45) is 4.08. The highest BCUT2D eigenvalue weighted by molar-refractivity contribution is 7.96. The SMILES string of the molecule is CC(=O)O.CC(=O)[O-].c1ccc([P+](c2ccccc2)(c2ccccc2)C2CCC2)cc1. The molecule has 1 fully saturated rings. The molecule has 0 atom stereocenters. The third-order valence-corrected chi connectivity index (χ3v) is 10.1. The van der Waals surface area contributed by atoms with Gasteiger partial charge in [-0.3, -0.25) is 4.79 Å². The smallest absolute Gasteiger partial charge is 0.300 e. The maximum absolute atomic E-state index is 9.00. The number of rotatable bonds is 4. The summed E-state index contributed by atoms with van der Waals surface area (Å²) in [7, 11) is -1.56. The molecule has 0 unspecified atom stereocenters. The molecule has 162 valence electrons. The Bertz CT molecular complexity index is 822. The second kappa shape index (κ2) is 12.0. The number of benzene rings is 3. The van der Waals surface area contributed by atoms with Gasteiger partial charge >= 0.3 is 0 Å². The number of aliphatic carboxylic acids is 2. The van der Waals surface area contributed by atoms with Crippen LogP contribution in [0.2, 0.25) is 0 Å². The van der Waals surface area contributed by atoms with Crippen LogP contribution in [0.25, 0.3) is 0 Å². The number of carbonyl (C=O) groups excluding carboxylic acids is 1. The van der Waals surface area contributed by atoms with Crippen molar-refractivity contribution in [1.82, 2.24) is 0 Å². The Labute approximate surface area is 184 Å². The van der Waals surface area contributed by atoms with Crippen LogP contribution in [-0.4, -0.2) is 22.7 Å². The van der Waals surface area contributed by atoms with Crippen molar-refractivity contribution < 1.29 is 19.8 Å². The van der Waals surface area contributed by atoms with Crippen LogP contribution < -0.4 is 21.0 Å². The molecule has 4 rings (SSSR count). The lowest BCUT2D eigenvalue weighted by Gasteiger charge is -2.39. The maximum atomic E-state index is 9.00. The second-order valence-electron chi connectivity index (χ2n) is 7.32. The molecule has 1 saturated carbocycles. The fraction of sp³-hybridized carbons (Fsp3) is 0.231. The van der Waals surface area contributed by atoms with Crippen LogP contribution in [0.4, 0.5) is 0 Å². The zero-order valence-corrected chi connectivity index (χ0v) is 18.9. The topological polar surface area (TPSA) is 77.4 Å². The first kappa shape index (κ1) is 24.3. The van der Waals surface area contributed by atoms with E-state index in [1.165, 1.54) is 35.2 Å². The zero-order valence-electron chi connectivity index (χ0n) is 18.0. The second-order valence-corrected chi connectivity index (χ2v) is 11.0. The molecule has 4 nitrogen and oxygen atoms in total. The molecule has 5 heteroatoms. The molecule has 0 radical (unpaired) electrons. The van der Waals surface area contributed by atoms with E-state index in [2.05, 4.69) is 91.0 Å². The highest BCUT2D eigenvalue weighted by atomic mass is 31.2. The summed E-state index contributed by atoms with van der Waals surface area (Å²) in [5.41, 5.74) is 0.787. The van der Waals surface area contributed by atoms with Gasteiger partial charge in [-0.05, 0) is 62.6 Å². The molecule has 3 aromatic carbocycles. The Balaban J connectivity index is 0.000000370. The Morgan fingerprint density at radius 2 is 1.00 bits per heavy atom. The van der Waals surface area contributed by atoms with Crippen molar-refractivity contribution in [2.45, 2.75) is 38.8 Å². The van der Waals surface area contributed by atoms with Crippen molar-refractivity contribution in [2.75, 3.05) is 0 Å². The van der Waals surface area contributed by atoms with Gasteiger partial charge in [0.05, 0.1) is 5.66 Å². The van der Waals surface area contributed by atoms with Crippen molar-refractivity contribution in [1.29, 1.82) is 0 Å². The summed E-state index contributed by atoms with van der Waals surface area (Å²) >= 11 is 0. The standard InChI is InChI=1S/C22H22P.2C2H4O2/c1-4-11-19(12-5-1)23(22-17-10-18-22,20-13-6-2-7-14-20)21-15-8-3-9-16-21;2*1-2(3)4/h1-9,11-16,22H,10,17-18H2;2*1H3,(H,3,4)/q+1;;/p-1. The first-order valence-corrected chi connectivity index (χ1v) is 12.2. The van der Waals surface area contributed by atoms with Crippen molar-refractivity contribution in [3.63, 3.8) is 0 Å². The van der Waals surface area contributed by atoms with Gasteiger partial charge in [-0.25, -0.2) is 0 Å². The van der Waals surface area contributed by atoms with Crippen molar-refractivity contribution in [2.24, 2.45) is 0 Å². The predicted octanol–water partition coefficient (Wildman–Crippen LogP) is 3.38. The number of carboxylic acids is 2.